The second-order valence-corrected chi connectivity index (χ2v) is 7.61. The lowest BCUT2D eigenvalue weighted by Crippen LogP contribution is -2.31. The maximum Gasteiger partial charge on any atom is 0.295 e. The van der Waals surface area contributed by atoms with Crippen LogP contribution < -0.4 is 9.47 Å². The third kappa shape index (κ3) is 4.01. The standard InChI is InChI=1S/C24H25NO6/c1-15-4-6-16(7-5-15)21-20(23(27)24(28)25(21)10-3-11-29-2)22(26)17-8-9-18-19(14-17)31-13-12-30-18/h4-9,14,21,26H,3,10-13H2,1-2H3. The fourth-order valence-corrected chi connectivity index (χ4v) is 3.93. The zero-order chi connectivity index (χ0) is 22.0. The van der Waals surface area contributed by atoms with Gasteiger partial charge in [-0.3, -0.25) is 9.59 Å². The lowest BCUT2D eigenvalue weighted by molar-refractivity contribution is -0.140. The van der Waals surface area contributed by atoms with E-state index in [1.54, 1.807) is 25.3 Å². The number of carbonyl (C=O) groups excluding carboxylic acids is 2. The number of carbonyl (C=O) groups is 2. The molecule has 0 aromatic heterocycles. The Kier molecular flexibility index (Phi) is 5.95. The molecule has 7 heteroatoms. The van der Waals surface area contributed by atoms with Crippen molar-refractivity contribution in [2.24, 2.45) is 0 Å². The summed E-state index contributed by atoms with van der Waals surface area (Å²) in [6, 6.07) is 11.9. The topological polar surface area (TPSA) is 85.3 Å². The number of amides is 1. The van der Waals surface area contributed by atoms with Gasteiger partial charge in [-0.1, -0.05) is 29.8 Å². The average Bonchev–Trinajstić information content (AvgIpc) is 3.04. The smallest absolute Gasteiger partial charge is 0.295 e. The lowest BCUT2D eigenvalue weighted by Gasteiger charge is -2.25. The Bertz CT molecular complexity index is 1030. The molecule has 1 saturated heterocycles. The van der Waals surface area contributed by atoms with Gasteiger partial charge in [0.2, 0.25) is 0 Å². The van der Waals surface area contributed by atoms with E-state index in [-0.39, 0.29) is 11.3 Å². The van der Waals surface area contributed by atoms with Crippen LogP contribution in [0.2, 0.25) is 0 Å². The van der Waals surface area contributed by atoms with Crippen molar-refractivity contribution in [3.05, 3.63) is 64.7 Å². The zero-order valence-electron chi connectivity index (χ0n) is 17.6. The number of benzene rings is 2. The van der Waals surface area contributed by atoms with Crippen LogP contribution in [-0.4, -0.2) is 55.2 Å². The molecule has 0 aliphatic carbocycles. The Morgan fingerprint density at radius 2 is 1.81 bits per heavy atom. The number of ketones is 1. The summed E-state index contributed by atoms with van der Waals surface area (Å²) >= 11 is 0. The summed E-state index contributed by atoms with van der Waals surface area (Å²) in [6.45, 7) is 3.64. The van der Waals surface area contributed by atoms with E-state index >= 15 is 0 Å². The quantitative estimate of drug-likeness (QED) is 0.332. The second kappa shape index (κ2) is 8.81. The summed E-state index contributed by atoms with van der Waals surface area (Å²) in [4.78, 5) is 27.4. The largest absolute Gasteiger partial charge is 0.507 e. The van der Waals surface area contributed by atoms with E-state index in [0.29, 0.717) is 49.8 Å². The number of aryl methyl sites for hydroxylation is 1. The van der Waals surface area contributed by atoms with Crippen molar-refractivity contribution in [3.8, 4) is 11.5 Å². The van der Waals surface area contributed by atoms with E-state index in [0.717, 1.165) is 11.1 Å². The van der Waals surface area contributed by atoms with Gasteiger partial charge in [-0.15, -0.1) is 0 Å². The summed E-state index contributed by atoms with van der Waals surface area (Å²) < 4.78 is 16.2. The molecule has 31 heavy (non-hydrogen) atoms. The Labute approximate surface area is 180 Å². The number of likely N-dealkylation sites (tertiary alicyclic amines) is 1. The van der Waals surface area contributed by atoms with E-state index in [9.17, 15) is 14.7 Å². The molecule has 4 rings (SSSR count). The van der Waals surface area contributed by atoms with Gasteiger partial charge in [0, 0.05) is 25.8 Å². The second-order valence-electron chi connectivity index (χ2n) is 7.61. The van der Waals surface area contributed by atoms with Gasteiger partial charge in [-0.2, -0.15) is 0 Å². The fourth-order valence-electron chi connectivity index (χ4n) is 3.93. The minimum Gasteiger partial charge on any atom is -0.507 e. The number of hydrogen-bond acceptors (Lipinski definition) is 6. The highest BCUT2D eigenvalue weighted by molar-refractivity contribution is 6.46. The van der Waals surface area contributed by atoms with Gasteiger partial charge in [-0.05, 0) is 37.1 Å². The predicted octanol–water partition coefficient (Wildman–Crippen LogP) is 3.22. The first-order chi connectivity index (χ1) is 15.0. The molecule has 0 bridgehead atoms. The van der Waals surface area contributed by atoms with Gasteiger partial charge in [0.1, 0.15) is 19.0 Å². The number of Topliss-reactive ketones (excluding diaryl/α,β-unsaturated/α-hetero) is 1. The molecule has 7 nitrogen and oxygen atoms in total. The molecule has 2 aromatic carbocycles. The first kappa shape index (κ1) is 20.9. The van der Waals surface area contributed by atoms with E-state index in [1.807, 2.05) is 31.2 Å². The Morgan fingerprint density at radius 3 is 2.52 bits per heavy atom. The molecule has 1 N–H and O–H groups in total. The summed E-state index contributed by atoms with van der Waals surface area (Å²) in [5.74, 6) is -0.472. The molecule has 1 unspecified atom stereocenters. The molecule has 2 aromatic rings. The van der Waals surface area contributed by atoms with Crippen LogP contribution in [0.25, 0.3) is 5.76 Å². The van der Waals surface area contributed by atoms with Crippen molar-refractivity contribution in [2.75, 3.05) is 33.5 Å². The van der Waals surface area contributed by atoms with Crippen LogP contribution in [0.4, 0.5) is 0 Å². The molecule has 2 heterocycles. The minimum absolute atomic E-state index is 0.0722. The molecule has 162 valence electrons. The molecule has 1 amide bonds. The molecular weight excluding hydrogens is 398 g/mol. The first-order valence-electron chi connectivity index (χ1n) is 10.2. The molecule has 1 fully saturated rings. The van der Waals surface area contributed by atoms with E-state index in [4.69, 9.17) is 14.2 Å². The summed E-state index contributed by atoms with van der Waals surface area (Å²) in [6.07, 6.45) is 0.579. The number of aliphatic hydroxyl groups excluding tert-OH is 1. The number of aliphatic hydroxyl groups is 1. The predicted molar refractivity (Wildman–Crippen MR) is 114 cm³/mol. The van der Waals surface area contributed by atoms with Gasteiger partial charge in [0.25, 0.3) is 11.7 Å². The number of rotatable bonds is 6. The van der Waals surface area contributed by atoms with Crippen LogP contribution in [0.15, 0.2) is 48.0 Å². The van der Waals surface area contributed by atoms with Crippen molar-refractivity contribution in [1.82, 2.24) is 4.90 Å². The van der Waals surface area contributed by atoms with Crippen LogP contribution in [0.3, 0.4) is 0 Å². The van der Waals surface area contributed by atoms with Crippen molar-refractivity contribution in [1.29, 1.82) is 0 Å². The maximum atomic E-state index is 13.0. The average molecular weight is 423 g/mol. The highest BCUT2D eigenvalue weighted by atomic mass is 16.6. The monoisotopic (exact) mass is 423 g/mol. The fraction of sp³-hybridized carbons (Fsp3) is 0.333. The van der Waals surface area contributed by atoms with Crippen molar-refractivity contribution >= 4 is 17.4 Å². The van der Waals surface area contributed by atoms with Crippen LogP contribution in [0, 0.1) is 6.92 Å². The van der Waals surface area contributed by atoms with Gasteiger partial charge in [0.15, 0.2) is 11.5 Å². The van der Waals surface area contributed by atoms with Crippen LogP contribution in [0.5, 0.6) is 11.5 Å². The van der Waals surface area contributed by atoms with Gasteiger partial charge < -0.3 is 24.2 Å². The zero-order valence-corrected chi connectivity index (χ0v) is 17.6. The first-order valence-corrected chi connectivity index (χ1v) is 10.2. The molecule has 2 aliphatic heterocycles. The minimum atomic E-state index is -0.699. The number of hydrogen-bond donors (Lipinski definition) is 1. The maximum absolute atomic E-state index is 13.0. The van der Waals surface area contributed by atoms with Gasteiger partial charge >= 0.3 is 0 Å². The number of ether oxygens (including phenoxy) is 3. The Hall–Kier alpha value is -3.32. The summed E-state index contributed by atoms with van der Waals surface area (Å²) in [5, 5.41) is 11.1. The van der Waals surface area contributed by atoms with E-state index in [1.165, 1.54) is 4.90 Å². The summed E-state index contributed by atoms with van der Waals surface area (Å²) in [5.41, 5.74) is 2.30. The number of fused-ring (bicyclic) bond motifs is 1. The van der Waals surface area contributed by atoms with Crippen LogP contribution in [-0.2, 0) is 14.3 Å². The third-order valence-electron chi connectivity index (χ3n) is 5.50. The summed E-state index contributed by atoms with van der Waals surface area (Å²) in [7, 11) is 1.59. The van der Waals surface area contributed by atoms with E-state index in [2.05, 4.69) is 0 Å². The van der Waals surface area contributed by atoms with Gasteiger partial charge in [0.05, 0.1) is 11.6 Å². The van der Waals surface area contributed by atoms with Gasteiger partial charge in [-0.25, -0.2) is 0 Å². The molecule has 0 radical (unpaired) electrons. The highest BCUT2D eigenvalue weighted by Crippen LogP contribution is 2.41. The van der Waals surface area contributed by atoms with Crippen LogP contribution in [0.1, 0.15) is 29.2 Å². The number of methoxy groups -OCH3 is 1. The molecule has 0 spiro atoms. The number of nitrogens with zero attached hydrogens (tertiary/aromatic N) is 1. The van der Waals surface area contributed by atoms with Crippen LogP contribution >= 0.6 is 0 Å². The Balaban J connectivity index is 1.79. The van der Waals surface area contributed by atoms with Crippen molar-refractivity contribution < 1.29 is 28.9 Å². The van der Waals surface area contributed by atoms with E-state index < -0.39 is 17.7 Å². The normalized spacial score (nSPS) is 19.7. The molecule has 2 aliphatic rings. The highest BCUT2D eigenvalue weighted by Gasteiger charge is 2.45. The molecule has 0 saturated carbocycles. The Morgan fingerprint density at radius 1 is 1.10 bits per heavy atom. The van der Waals surface area contributed by atoms with Crippen molar-refractivity contribution in [2.45, 2.75) is 19.4 Å². The lowest BCUT2D eigenvalue weighted by atomic mass is 9.94. The molecule has 1 atom stereocenters. The molecular formula is C24H25NO6. The third-order valence-corrected chi connectivity index (χ3v) is 5.50. The SMILES string of the molecule is COCCCN1C(=O)C(=O)C(=C(O)c2ccc3c(c2)OCCO3)C1c1ccc(C)cc1. The van der Waals surface area contributed by atoms with Crippen molar-refractivity contribution in [3.63, 3.8) is 0 Å².